The van der Waals surface area contributed by atoms with Gasteiger partial charge in [-0.05, 0) is 29.8 Å². The number of carbonyl (C=O) groups excluding carboxylic acids is 1. The highest BCUT2D eigenvalue weighted by Gasteiger charge is 2.36. The van der Waals surface area contributed by atoms with E-state index in [1.807, 2.05) is 24.3 Å². The quantitative estimate of drug-likeness (QED) is 0.769. The lowest BCUT2D eigenvalue weighted by atomic mass is 9.98. The number of fused-ring (bicyclic) bond motifs is 1. The van der Waals surface area contributed by atoms with Gasteiger partial charge in [0.2, 0.25) is 0 Å². The SMILES string of the molecule is COc1ccc([C@@H]2NC(=O)c3n[nH]c(-c4ccco4)c32)cc1OC. The number of H-pyrrole nitrogens is 1. The molecule has 1 atom stereocenters. The van der Waals surface area contributed by atoms with E-state index in [1.165, 1.54) is 0 Å². The predicted octanol–water partition coefficient (Wildman–Crippen LogP) is 2.52. The molecule has 1 amide bonds. The molecule has 4 rings (SSSR count). The lowest BCUT2D eigenvalue weighted by Gasteiger charge is -2.15. The number of amides is 1. The number of hydrogen-bond acceptors (Lipinski definition) is 5. The van der Waals surface area contributed by atoms with Gasteiger partial charge < -0.3 is 19.2 Å². The van der Waals surface area contributed by atoms with Crippen molar-refractivity contribution in [3.05, 3.63) is 53.4 Å². The van der Waals surface area contributed by atoms with Crippen molar-refractivity contribution in [3.63, 3.8) is 0 Å². The zero-order valence-electron chi connectivity index (χ0n) is 13.1. The number of hydrogen-bond donors (Lipinski definition) is 2. The van der Waals surface area contributed by atoms with Gasteiger partial charge in [0.15, 0.2) is 23.0 Å². The Balaban J connectivity index is 1.83. The Morgan fingerprint density at radius 1 is 1.17 bits per heavy atom. The lowest BCUT2D eigenvalue weighted by Crippen LogP contribution is -2.21. The summed E-state index contributed by atoms with van der Waals surface area (Å²) < 4.78 is 16.1. The standard InChI is InChI=1S/C17H15N3O4/c1-22-10-6-5-9(8-12(10)23-2)14-13-15(11-4-3-7-24-11)19-20-16(13)17(21)18-14/h3-8,14H,1-2H3,(H,18,21)(H,19,20)/t14-/m0/s1. The third-order valence-corrected chi connectivity index (χ3v) is 4.09. The zero-order chi connectivity index (χ0) is 16.7. The molecule has 0 radical (unpaired) electrons. The summed E-state index contributed by atoms with van der Waals surface area (Å²) in [6.07, 6.45) is 1.58. The Bertz CT molecular complexity index is 899. The Kier molecular flexibility index (Phi) is 3.26. The molecule has 2 aromatic heterocycles. The van der Waals surface area contributed by atoms with Crippen molar-refractivity contribution < 1.29 is 18.7 Å². The fourth-order valence-electron chi connectivity index (χ4n) is 2.97. The summed E-state index contributed by atoms with van der Waals surface area (Å²) in [5.41, 5.74) is 2.70. The van der Waals surface area contributed by atoms with E-state index in [0.29, 0.717) is 28.6 Å². The first-order chi connectivity index (χ1) is 11.7. The van der Waals surface area contributed by atoms with E-state index in [9.17, 15) is 4.79 Å². The fraction of sp³-hybridized carbons (Fsp3) is 0.176. The number of benzene rings is 1. The van der Waals surface area contributed by atoms with Crippen LogP contribution < -0.4 is 14.8 Å². The number of furan rings is 1. The van der Waals surface area contributed by atoms with Crippen LogP contribution in [-0.4, -0.2) is 30.3 Å². The Morgan fingerprint density at radius 2 is 2.00 bits per heavy atom. The van der Waals surface area contributed by atoms with E-state index in [2.05, 4.69) is 15.5 Å². The Hall–Kier alpha value is -3.22. The van der Waals surface area contributed by atoms with Crippen LogP contribution in [0.25, 0.3) is 11.5 Å². The number of ether oxygens (including phenoxy) is 2. The van der Waals surface area contributed by atoms with Gasteiger partial charge >= 0.3 is 0 Å². The number of nitrogens with zero attached hydrogens (tertiary/aromatic N) is 1. The van der Waals surface area contributed by atoms with Crippen LogP contribution in [0.3, 0.4) is 0 Å². The van der Waals surface area contributed by atoms with Crippen LogP contribution in [0, 0.1) is 0 Å². The largest absolute Gasteiger partial charge is 0.493 e. The van der Waals surface area contributed by atoms with Crippen molar-refractivity contribution >= 4 is 5.91 Å². The van der Waals surface area contributed by atoms with Crippen LogP contribution in [-0.2, 0) is 0 Å². The molecule has 0 bridgehead atoms. The van der Waals surface area contributed by atoms with Crippen molar-refractivity contribution in [2.75, 3.05) is 14.2 Å². The van der Waals surface area contributed by atoms with Crippen LogP contribution >= 0.6 is 0 Å². The predicted molar refractivity (Wildman–Crippen MR) is 85.1 cm³/mol. The first-order valence-electron chi connectivity index (χ1n) is 7.38. The molecule has 7 heteroatoms. The Labute approximate surface area is 137 Å². The molecule has 122 valence electrons. The first kappa shape index (κ1) is 14.4. The van der Waals surface area contributed by atoms with Gasteiger partial charge in [-0.1, -0.05) is 6.07 Å². The zero-order valence-corrected chi connectivity index (χ0v) is 13.1. The molecule has 24 heavy (non-hydrogen) atoms. The average molecular weight is 325 g/mol. The second kappa shape index (κ2) is 5.45. The topological polar surface area (TPSA) is 89.4 Å². The van der Waals surface area contributed by atoms with Gasteiger partial charge in [-0.2, -0.15) is 5.10 Å². The van der Waals surface area contributed by atoms with Gasteiger partial charge in [0.1, 0.15) is 5.69 Å². The molecule has 3 heterocycles. The number of carbonyl (C=O) groups is 1. The summed E-state index contributed by atoms with van der Waals surface area (Å²) >= 11 is 0. The molecular weight excluding hydrogens is 310 g/mol. The van der Waals surface area contributed by atoms with Crippen LogP contribution in [0.1, 0.15) is 27.7 Å². The minimum absolute atomic E-state index is 0.223. The number of nitrogens with one attached hydrogen (secondary N) is 2. The first-order valence-corrected chi connectivity index (χ1v) is 7.38. The molecule has 3 aromatic rings. The average Bonchev–Trinajstić information content (AvgIpc) is 3.32. The lowest BCUT2D eigenvalue weighted by molar-refractivity contribution is 0.0955. The Morgan fingerprint density at radius 3 is 2.71 bits per heavy atom. The van der Waals surface area contributed by atoms with E-state index in [0.717, 1.165) is 11.1 Å². The molecule has 0 saturated carbocycles. The highest BCUT2D eigenvalue weighted by atomic mass is 16.5. The van der Waals surface area contributed by atoms with Crippen molar-refractivity contribution in [2.24, 2.45) is 0 Å². The van der Waals surface area contributed by atoms with Crippen molar-refractivity contribution in [2.45, 2.75) is 6.04 Å². The highest BCUT2D eigenvalue weighted by Crippen LogP contribution is 2.39. The number of aromatic amines is 1. The monoisotopic (exact) mass is 325 g/mol. The van der Waals surface area contributed by atoms with Gasteiger partial charge in [-0.3, -0.25) is 9.89 Å². The smallest absolute Gasteiger partial charge is 0.272 e. The molecule has 0 unspecified atom stereocenters. The summed E-state index contributed by atoms with van der Waals surface area (Å²) in [7, 11) is 3.16. The molecule has 2 N–H and O–H groups in total. The summed E-state index contributed by atoms with van der Waals surface area (Å²) in [5.74, 6) is 1.63. The number of aromatic nitrogens is 2. The summed E-state index contributed by atoms with van der Waals surface area (Å²) in [6.45, 7) is 0. The minimum Gasteiger partial charge on any atom is -0.493 e. The van der Waals surface area contributed by atoms with Crippen LogP contribution in [0.15, 0.2) is 41.0 Å². The highest BCUT2D eigenvalue weighted by molar-refractivity contribution is 5.99. The van der Waals surface area contributed by atoms with Crippen LogP contribution in [0.2, 0.25) is 0 Å². The number of rotatable bonds is 4. The van der Waals surface area contributed by atoms with E-state index in [-0.39, 0.29) is 11.9 Å². The molecule has 1 aromatic carbocycles. The molecule has 1 aliphatic rings. The van der Waals surface area contributed by atoms with Gasteiger partial charge in [0.05, 0.1) is 26.5 Å². The number of methoxy groups -OCH3 is 2. The van der Waals surface area contributed by atoms with Crippen molar-refractivity contribution in [1.82, 2.24) is 15.5 Å². The van der Waals surface area contributed by atoms with E-state index < -0.39 is 0 Å². The van der Waals surface area contributed by atoms with Crippen LogP contribution in [0.5, 0.6) is 11.5 Å². The third kappa shape index (κ3) is 2.05. The second-order valence-corrected chi connectivity index (χ2v) is 5.36. The van der Waals surface area contributed by atoms with Crippen molar-refractivity contribution in [3.8, 4) is 23.0 Å². The van der Waals surface area contributed by atoms with E-state index in [4.69, 9.17) is 13.9 Å². The van der Waals surface area contributed by atoms with E-state index >= 15 is 0 Å². The fourth-order valence-corrected chi connectivity index (χ4v) is 2.97. The maximum atomic E-state index is 12.2. The van der Waals surface area contributed by atoms with E-state index in [1.54, 1.807) is 26.5 Å². The summed E-state index contributed by atoms with van der Waals surface area (Å²) in [6, 6.07) is 8.81. The summed E-state index contributed by atoms with van der Waals surface area (Å²) in [4.78, 5) is 12.2. The molecule has 1 aliphatic heterocycles. The minimum atomic E-state index is -0.342. The van der Waals surface area contributed by atoms with Crippen molar-refractivity contribution in [1.29, 1.82) is 0 Å². The van der Waals surface area contributed by atoms with Gasteiger partial charge in [0, 0.05) is 5.56 Å². The molecule has 0 fully saturated rings. The molecule has 0 saturated heterocycles. The van der Waals surface area contributed by atoms with Gasteiger partial charge in [0.25, 0.3) is 5.91 Å². The summed E-state index contributed by atoms with van der Waals surface area (Å²) in [5, 5.41) is 9.98. The van der Waals surface area contributed by atoms with Gasteiger partial charge in [-0.15, -0.1) is 0 Å². The maximum Gasteiger partial charge on any atom is 0.272 e. The third-order valence-electron chi connectivity index (χ3n) is 4.09. The maximum absolute atomic E-state index is 12.2. The van der Waals surface area contributed by atoms with Crippen LogP contribution in [0.4, 0.5) is 0 Å². The second-order valence-electron chi connectivity index (χ2n) is 5.36. The molecule has 0 spiro atoms. The molecular formula is C17H15N3O4. The molecule has 0 aliphatic carbocycles. The normalized spacial score (nSPS) is 15.9. The van der Waals surface area contributed by atoms with Gasteiger partial charge in [-0.25, -0.2) is 0 Å². The molecule has 7 nitrogen and oxygen atoms in total.